The molecule has 0 unspecified atom stereocenters. The summed E-state index contributed by atoms with van der Waals surface area (Å²) in [5, 5.41) is 21.7. The summed E-state index contributed by atoms with van der Waals surface area (Å²) in [5.41, 5.74) is 0.104. The number of carbonyl (C=O) groups excluding carboxylic acids is 2. The minimum atomic E-state index is -4.04. The van der Waals surface area contributed by atoms with Gasteiger partial charge in [-0.3, -0.25) is 14.3 Å². The molecule has 2 heterocycles. The van der Waals surface area contributed by atoms with E-state index < -0.39 is 63.2 Å². The smallest absolute Gasteiger partial charge is 0.329 e. The summed E-state index contributed by atoms with van der Waals surface area (Å²) < 4.78 is 40.5. The normalized spacial score (nSPS) is 29.9. The lowest BCUT2D eigenvalue weighted by Crippen LogP contribution is -2.51. The number of aliphatic hydroxyl groups is 1. The van der Waals surface area contributed by atoms with Gasteiger partial charge >= 0.3 is 5.97 Å². The van der Waals surface area contributed by atoms with E-state index in [4.69, 9.17) is 21.1 Å². The van der Waals surface area contributed by atoms with Gasteiger partial charge in [0.1, 0.15) is 12.4 Å². The first kappa shape index (κ1) is 36.7. The highest BCUT2D eigenvalue weighted by molar-refractivity contribution is 7.90. The molecule has 2 aromatic rings. The Morgan fingerprint density at radius 2 is 1.94 bits per heavy atom. The van der Waals surface area contributed by atoms with Crippen molar-refractivity contribution < 1.29 is 42.5 Å². The van der Waals surface area contributed by atoms with Crippen LogP contribution in [0.25, 0.3) is 0 Å². The maximum atomic E-state index is 13.9. The molecule has 7 rings (SSSR count). The molecule has 2 fully saturated rings. The van der Waals surface area contributed by atoms with Gasteiger partial charge in [-0.2, -0.15) is 0 Å². The highest BCUT2D eigenvalue weighted by Crippen LogP contribution is 2.48. The minimum Gasteiger partial charge on any atom is -0.490 e. The van der Waals surface area contributed by atoms with E-state index in [1.807, 2.05) is 24.3 Å². The fourth-order valence-corrected chi connectivity index (χ4v) is 9.91. The van der Waals surface area contributed by atoms with Crippen molar-refractivity contribution in [3.05, 3.63) is 70.3 Å². The maximum Gasteiger partial charge on any atom is 0.329 e. The van der Waals surface area contributed by atoms with Crippen molar-refractivity contribution in [3.63, 3.8) is 0 Å². The molecule has 52 heavy (non-hydrogen) atoms. The minimum absolute atomic E-state index is 0.0300. The number of aryl methyl sites for hydroxylation is 1. The lowest BCUT2D eigenvalue weighted by molar-refractivity contribution is -0.148. The summed E-state index contributed by atoms with van der Waals surface area (Å²) in [5.74, 6) is -2.09. The number of ether oxygens (including phenoxy) is 2. The third-order valence-electron chi connectivity index (χ3n) is 11.6. The second kappa shape index (κ2) is 14.3. The molecule has 2 amide bonds. The first-order chi connectivity index (χ1) is 24.8. The van der Waals surface area contributed by atoms with Crippen LogP contribution in [0.3, 0.4) is 0 Å². The summed E-state index contributed by atoms with van der Waals surface area (Å²) in [6, 6.07) is 10.9. The molecule has 3 aliphatic carbocycles. The molecule has 1 spiro atoms. The zero-order valence-electron chi connectivity index (χ0n) is 29.3. The molecule has 2 saturated carbocycles. The molecule has 12 nitrogen and oxygen atoms in total. The van der Waals surface area contributed by atoms with Crippen LogP contribution in [-0.2, 0) is 46.6 Å². The molecule has 2 aromatic carbocycles. The summed E-state index contributed by atoms with van der Waals surface area (Å²) in [4.78, 5) is 42.7. The van der Waals surface area contributed by atoms with Crippen LogP contribution < -0.4 is 14.4 Å². The average Bonchev–Trinajstić information content (AvgIpc) is 3.96. The Morgan fingerprint density at radius 3 is 2.67 bits per heavy atom. The third kappa shape index (κ3) is 7.29. The van der Waals surface area contributed by atoms with Crippen molar-refractivity contribution in [1.29, 1.82) is 0 Å². The Bertz CT molecular complexity index is 1880. The number of sulfonamides is 1. The largest absolute Gasteiger partial charge is 0.490 e. The van der Waals surface area contributed by atoms with Crippen molar-refractivity contribution in [3.8, 4) is 5.75 Å². The average molecular weight is 756 g/mol. The zero-order chi connectivity index (χ0) is 36.8. The van der Waals surface area contributed by atoms with Crippen LogP contribution in [0.15, 0.2) is 48.6 Å². The van der Waals surface area contributed by atoms with Crippen LogP contribution in [0.5, 0.6) is 5.75 Å². The number of carboxylic acid groups (broad SMARTS) is 1. The van der Waals surface area contributed by atoms with Crippen LogP contribution in [0.4, 0.5) is 5.69 Å². The molecule has 0 saturated heterocycles. The number of rotatable bonds is 6. The molecule has 0 radical (unpaired) electrons. The highest BCUT2D eigenvalue weighted by atomic mass is 35.5. The van der Waals surface area contributed by atoms with Gasteiger partial charge in [-0.25, -0.2) is 13.2 Å². The quantitative estimate of drug-likeness (QED) is 0.369. The molecule has 14 heteroatoms. The van der Waals surface area contributed by atoms with E-state index in [-0.39, 0.29) is 23.9 Å². The second-order valence-electron chi connectivity index (χ2n) is 15.2. The van der Waals surface area contributed by atoms with Crippen molar-refractivity contribution in [2.45, 2.75) is 80.2 Å². The monoisotopic (exact) mass is 755 g/mol. The van der Waals surface area contributed by atoms with Gasteiger partial charge in [-0.05, 0) is 104 Å². The molecular weight excluding hydrogens is 710 g/mol. The number of hydrogen-bond donors (Lipinski definition) is 3. The molecule has 280 valence electrons. The number of benzene rings is 2. The number of aliphatic carboxylic acids is 1. The SMILES string of the molecule is CN1CC/C=C\[C@H](OCC(=O)O)[C@@H]2CC[C@H]2CN2C[C@@]3(CCCc4cc(Cl)ccc43)COc3ccc(cc32)[C@@](O)(C(=O)NS(=O)(=O)C2CC2)CC1=O. The predicted molar refractivity (Wildman–Crippen MR) is 194 cm³/mol. The summed E-state index contributed by atoms with van der Waals surface area (Å²) in [7, 11) is -2.49. The highest BCUT2D eigenvalue weighted by Gasteiger charge is 2.48. The van der Waals surface area contributed by atoms with Crippen molar-refractivity contribution in [2.75, 3.05) is 44.8 Å². The van der Waals surface area contributed by atoms with Crippen LogP contribution in [0, 0.1) is 11.8 Å². The summed E-state index contributed by atoms with van der Waals surface area (Å²) in [6.45, 7) is 1.28. The summed E-state index contributed by atoms with van der Waals surface area (Å²) >= 11 is 6.44. The van der Waals surface area contributed by atoms with E-state index in [2.05, 4.69) is 15.7 Å². The summed E-state index contributed by atoms with van der Waals surface area (Å²) in [6.07, 6.45) is 8.30. The molecule has 2 aliphatic heterocycles. The van der Waals surface area contributed by atoms with E-state index in [1.54, 1.807) is 19.2 Å². The first-order valence-corrected chi connectivity index (χ1v) is 20.0. The van der Waals surface area contributed by atoms with E-state index >= 15 is 0 Å². The number of anilines is 1. The molecular formula is C38H46ClN3O9S. The van der Waals surface area contributed by atoms with E-state index in [0.29, 0.717) is 55.4 Å². The van der Waals surface area contributed by atoms with Gasteiger partial charge in [0, 0.05) is 37.1 Å². The zero-order valence-corrected chi connectivity index (χ0v) is 30.8. The topological polar surface area (TPSA) is 163 Å². The maximum absolute atomic E-state index is 13.9. The Kier molecular flexibility index (Phi) is 10.1. The van der Waals surface area contributed by atoms with Gasteiger partial charge in [0.05, 0.1) is 30.1 Å². The predicted octanol–water partition coefficient (Wildman–Crippen LogP) is 3.91. The van der Waals surface area contributed by atoms with E-state index in [0.717, 1.165) is 37.7 Å². The van der Waals surface area contributed by atoms with Gasteiger partial charge < -0.3 is 29.5 Å². The Morgan fingerprint density at radius 1 is 1.13 bits per heavy atom. The standard InChI is InChI=1S/C38H46ClN3O9S/c1-41-16-3-2-6-32(50-21-35(44)45)29-12-7-25(29)20-42-22-37(15-4-5-24-17-27(39)9-13-30(24)37)23-51-33-14-8-26(18-31(33)42)38(47,19-34(41)43)36(46)40-52(48,49)28-10-11-28/h2,6,8-9,13-14,17-18,25,28-29,32,47H,3-5,7,10-12,15-16,19-23H2,1H3,(H,40,46)(H,44,45)/b6-2-/t25-,29+,32-,37-,38+/m0/s1. The molecule has 2 bridgehead atoms. The number of nitrogens with zero attached hydrogens (tertiary/aromatic N) is 2. The van der Waals surface area contributed by atoms with Crippen LogP contribution in [-0.4, -0.2) is 92.6 Å². The van der Waals surface area contributed by atoms with Gasteiger partial charge in [0.25, 0.3) is 5.91 Å². The van der Waals surface area contributed by atoms with Crippen molar-refractivity contribution in [1.82, 2.24) is 9.62 Å². The fraction of sp³-hybridized carbons (Fsp3) is 0.553. The van der Waals surface area contributed by atoms with E-state index in [1.165, 1.54) is 16.5 Å². The van der Waals surface area contributed by atoms with Gasteiger partial charge in [-0.15, -0.1) is 0 Å². The number of halogens is 1. The van der Waals surface area contributed by atoms with Crippen LogP contribution in [0.1, 0.15) is 68.1 Å². The van der Waals surface area contributed by atoms with E-state index in [9.17, 15) is 33.0 Å². The number of fused-ring (bicyclic) bond motifs is 4. The Balaban J connectivity index is 1.33. The number of amides is 2. The fourth-order valence-electron chi connectivity index (χ4n) is 8.36. The molecule has 3 N–H and O–H groups in total. The Labute approximate surface area is 309 Å². The van der Waals surface area contributed by atoms with Gasteiger partial charge in [0.2, 0.25) is 15.9 Å². The van der Waals surface area contributed by atoms with Crippen molar-refractivity contribution >= 4 is 45.1 Å². The lowest BCUT2D eigenvalue weighted by atomic mass is 9.68. The number of hydrogen-bond acceptors (Lipinski definition) is 9. The lowest BCUT2D eigenvalue weighted by Gasteiger charge is -2.46. The third-order valence-corrected chi connectivity index (χ3v) is 13.7. The first-order valence-electron chi connectivity index (χ1n) is 18.1. The Hall–Kier alpha value is -3.65. The number of carboxylic acids is 1. The van der Waals surface area contributed by atoms with Crippen LogP contribution in [0.2, 0.25) is 5.02 Å². The second-order valence-corrected chi connectivity index (χ2v) is 17.6. The molecule has 5 atom stereocenters. The number of carbonyl (C=O) groups is 3. The van der Waals surface area contributed by atoms with Gasteiger partial charge in [-0.1, -0.05) is 35.9 Å². The van der Waals surface area contributed by atoms with Crippen molar-refractivity contribution in [2.24, 2.45) is 11.8 Å². The van der Waals surface area contributed by atoms with Gasteiger partial charge in [0.15, 0.2) is 5.60 Å². The molecule has 5 aliphatic rings. The number of nitrogens with one attached hydrogen (secondary N) is 1. The van der Waals surface area contributed by atoms with Crippen LogP contribution >= 0.6 is 11.6 Å². The molecule has 0 aromatic heterocycles.